The van der Waals surface area contributed by atoms with Gasteiger partial charge in [-0.25, -0.2) is 0 Å². The van der Waals surface area contributed by atoms with Crippen LogP contribution in [0.3, 0.4) is 0 Å². The number of aryl methyl sites for hydroxylation is 1. The molecule has 0 saturated heterocycles. The van der Waals surface area contributed by atoms with Gasteiger partial charge in [-0.3, -0.25) is 4.79 Å². The summed E-state index contributed by atoms with van der Waals surface area (Å²) in [5.74, 6) is 1.45. The second kappa shape index (κ2) is 6.18. The first-order valence-corrected chi connectivity index (χ1v) is 7.88. The van der Waals surface area contributed by atoms with E-state index >= 15 is 0 Å². The van der Waals surface area contributed by atoms with Crippen LogP contribution in [-0.4, -0.2) is 18.2 Å². The van der Waals surface area contributed by atoms with E-state index in [1.54, 1.807) is 12.1 Å². The summed E-state index contributed by atoms with van der Waals surface area (Å²) in [6, 6.07) is 10.0. The summed E-state index contributed by atoms with van der Waals surface area (Å²) < 4.78 is 5.06. The van der Waals surface area contributed by atoms with E-state index in [4.69, 9.17) is 4.42 Å². The average Bonchev–Trinajstić information content (AvgIpc) is 3.01. The van der Waals surface area contributed by atoms with Gasteiger partial charge in [0.15, 0.2) is 5.76 Å². The maximum absolute atomic E-state index is 11.7. The van der Waals surface area contributed by atoms with Crippen molar-refractivity contribution >= 4 is 17.7 Å². The number of nitrogens with one attached hydrogen (secondary N) is 1. The number of fused-ring (bicyclic) bond motifs is 1. The predicted molar refractivity (Wildman–Crippen MR) is 80.2 cm³/mol. The highest BCUT2D eigenvalue weighted by atomic mass is 32.2. The Bertz CT molecular complexity index is 593. The van der Waals surface area contributed by atoms with Crippen molar-refractivity contribution in [2.75, 3.05) is 12.3 Å². The normalized spacial score (nSPS) is 13.8. The van der Waals surface area contributed by atoms with E-state index in [2.05, 4.69) is 23.5 Å². The van der Waals surface area contributed by atoms with Crippen LogP contribution in [0.1, 0.15) is 28.1 Å². The fourth-order valence-electron chi connectivity index (χ4n) is 2.38. The minimum absolute atomic E-state index is 0.150. The number of carbonyl (C=O) groups is 1. The number of benzene rings is 1. The molecule has 0 unspecified atom stereocenters. The van der Waals surface area contributed by atoms with Crippen molar-refractivity contribution in [3.63, 3.8) is 0 Å². The molecule has 2 aromatic rings. The number of furan rings is 1. The Kier molecular flexibility index (Phi) is 4.11. The lowest BCUT2D eigenvalue weighted by Crippen LogP contribution is -2.25. The van der Waals surface area contributed by atoms with Gasteiger partial charge in [0.25, 0.3) is 5.91 Å². The lowest BCUT2D eigenvalue weighted by Gasteiger charge is -2.16. The number of thioether (sulfide) groups is 1. The van der Waals surface area contributed by atoms with Gasteiger partial charge in [0, 0.05) is 11.4 Å². The molecule has 3 rings (SSSR count). The molecule has 1 amide bonds. The predicted octanol–water partition coefficient (Wildman–Crippen LogP) is 3.29. The van der Waals surface area contributed by atoms with Gasteiger partial charge in [-0.1, -0.05) is 12.1 Å². The van der Waals surface area contributed by atoms with Gasteiger partial charge in [-0.2, -0.15) is 0 Å². The molecule has 4 heteroatoms. The van der Waals surface area contributed by atoms with E-state index < -0.39 is 0 Å². The van der Waals surface area contributed by atoms with E-state index in [-0.39, 0.29) is 5.91 Å². The van der Waals surface area contributed by atoms with E-state index in [1.165, 1.54) is 40.9 Å². The molecule has 0 saturated carbocycles. The van der Waals surface area contributed by atoms with Crippen LogP contribution in [0, 0.1) is 0 Å². The fourth-order valence-corrected chi connectivity index (χ4v) is 3.40. The Hall–Kier alpha value is -1.68. The Balaban J connectivity index is 1.55. The lowest BCUT2D eigenvalue weighted by atomic mass is 10.0. The molecule has 3 nitrogen and oxygen atoms in total. The third kappa shape index (κ3) is 3.07. The average molecular weight is 287 g/mol. The van der Waals surface area contributed by atoms with E-state index in [9.17, 15) is 4.79 Å². The maximum atomic E-state index is 11.7. The van der Waals surface area contributed by atoms with Crippen molar-refractivity contribution in [3.05, 3.63) is 53.5 Å². The molecule has 0 bridgehead atoms. The summed E-state index contributed by atoms with van der Waals surface area (Å²) in [6.45, 7) is 0.630. The van der Waals surface area contributed by atoms with Crippen molar-refractivity contribution in [2.24, 2.45) is 0 Å². The Morgan fingerprint density at radius 1 is 1.35 bits per heavy atom. The Morgan fingerprint density at radius 2 is 2.30 bits per heavy atom. The first-order chi connectivity index (χ1) is 9.83. The molecule has 0 spiro atoms. The summed E-state index contributed by atoms with van der Waals surface area (Å²) >= 11 is 1.94. The van der Waals surface area contributed by atoms with Gasteiger partial charge in [-0.15, -0.1) is 11.8 Å². The molecule has 1 aliphatic heterocycles. The molecular formula is C16H17NO2S. The standard InChI is InChI=1S/C16H17NO2S/c18-16(14-4-1-9-19-14)17-8-7-12-5-6-15-13(11-12)3-2-10-20-15/h1,4-6,9,11H,2-3,7-8,10H2,(H,17,18). The number of hydrogen-bond acceptors (Lipinski definition) is 3. The Labute approximate surface area is 122 Å². The maximum Gasteiger partial charge on any atom is 0.286 e. The zero-order valence-electron chi connectivity index (χ0n) is 11.2. The van der Waals surface area contributed by atoms with Crippen LogP contribution in [0.2, 0.25) is 0 Å². The number of rotatable bonds is 4. The monoisotopic (exact) mass is 287 g/mol. The fraction of sp³-hybridized carbons (Fsp3) is 0.312. The highest BCUT2D eigenvalue weighted by Gasteiger charge is 2.11. The third-order valence-electron chi connectivity index (χ3n) is 3.42. The summed E-state index contributed by atoms with van der Waals surface area (Å²) in [5, 5.41) is 2.88. The second-order valence-corrected chi connectivity index (χ2v) is 6.01. The highest BCUT2D eigenvalue weighted by molar-refractivity contribution is 7.99. The highest BCUT2D eigenvalue weighted by Crippen LogP contribution is 2.30. The number of hydrogen-bond donors (Lipinski definition) is 1. The van der Waals surface area contributed by atoms with Crippen LogP contribution in [0.5, 0.6) is 0 Å². The molecular weight excluding hydrogens is 270 g/mol. The van der Waals surface area contributed by atoms with Crippen LogP contribution in [0.4, 0.5) is 0 Å². The molecule has 1 N–H and O–H groups in total. The zero-order valence-corrected chi connectivity index (χ0v) is 12.0. The van der Waals surface area contributed by atoms with Crippen LogP contribution in [0.15, 0.2) is 45.9 Å². The minimum Gasteiger partial charge on any atom is -0.459 e. The first kappa shape index (κ1) is 13.3. The topological polar surface area (TPSA) is 42.2 Å². The molecule has 1 aromatic carbocycles. The van der Waals surface area contributed by atoms with Crippen molar-refractivity contribution in [1.29, 1.82) is 0 Å². The van der Waals surface area contributed by atoms with Crippen LogP contribution < -0.4 is 5.32 Å². The van der Waals surface area contributed by atoms with Gasteiger partial charge < -0.3 is 9.73 Å². The van der Waals surface area contributed by atoms with Gasteiger partial charge >= 0.3 is 0 Å². The van der Waals surface area contributed by atoms with Crippen LogP contribution in [0.25, 0.3) is 0 Å². The molecule has 1 aliphatic rings. The molecule has 104 valence electrons. The second-order valence-electron chi connectivity index (χ2n) is 4.88. The van der Waals surface area contributed by atoms with E-state index in [0.29, 0.717) is 12.3 Å². The van der Waals surface area contributed by atoms with Crippen molar-refractivity contribution in [1.82, 2.24) is 5.32 Å². The van der Waals surface area contributed by atoms with Crippen molar-refractivity contribution < 1.29 is 9.21 Å². The van der Waals surface area contributed by atoms with Gasteiger partial charge in [0.1, 0.15) is 0 Å². The molecule has 0 radical (unpaired) electrons. The van der Waals surface area contributed by atoms with Gasteiger partial charge in [-0.05, 0) is 54.3 Å². The molecule has 1 aromatic heterocycles. The summed E-state index contributed by atoms with van der Waals surface area (Å²) in [5.41, 5.74) is 2.74. The SMILES string of the molecule is O=C(NCCc1ccc2c(c1)CCCS2)c1ccco1. The number of carbonyl (C=O) groups excluding carboxylic acids is 1. The number of amides is 1. The molecule has 2 heterocycles. The molecule has 20 heavy (non-hydrogen) atoms. The largest absolute Gasteiger partial charge is 0.459 e. The van der Waals surface area contributed by atoms with Crippen LogP contribution in [-0.2, 0) is 12.8 Å². The summed E-state index contributed by atoms with van der Waals surface area (Å²) in [4.78, 5) is 13.1. The van der Waals surface area contributed by atoms with Crippen LogP contribution >= 0.6 is 11.8 Å². The van der Waals surface area contributed by atoms with Crippen molar-refractivity contribution in [2.45, 2.75) is 24.2 Å². The zero-order chi connectivity index (χ0) is 13.8. The smallest absolute Gasteiger partial charge is 0.286 e. The minimum atomic E-state index is -0.150. The third-order valence-corrected chi connectivity index (χ3v) is 4.62. The first-order valence-electron chi connectivity index (χ1n) is 6.89. The van der Waals surface area contributed by atoms with Gasteiger partial charge in [0.05, 0.1) is 6.26 Å². The molecule has 0 fully saturated rings. The lowest BCUT2D eigenvalue weighted by molar-refractivity contribution is 0.0926. The quantitative estimate of drug-likeness (QED) is 0.938. The molecule has 0 aliphatic carbocycles. The van der Waals surface area contributed by atoms with Crippen molar-refractivity contribution in [3.8, 4) is 0 Å². The van der Waals surface area contributed by atoms with E-state index in [0.717, 1.165) is 6.42 Å². The summed E-state index contributed by atoms with van der Waals surface area (Å²) in [6.07, 6.45) is 4.80. The van der Waals surface area contributed by atoms with E-state index in [1.807, 2.05) is 11.8 Å². The molecule has 0 atom stereocenters. The Morgan fingerprint density at radius 3 is 3.15 bits per heavy atom. The summed E-state index contributed by atoms with van der Waals surface area (Å²) in [7, 11) is 0. The van der Waals surface area contributed by atoms with Gasteiger partial charge in [0.2, 0.25) is 0 Å².